The van der Waals surface area contributed by atoms with Gasteiger partial charge < -0.3 is 15.1 Å². The molecule has 4 rings (SSSR count). The number of carbonyl (C=O) groups is 1. The minimum atomic E-state index is -0.242. The standard InChI is InChI=1S/C23H23FN4O/c1-17-3-2-4-19(15-17)26-20-7-10-22(25-16-20)23(29)28-13-11-27(12-14-28)21-8-5-18(24)6-9-21/h2-10,15-16,26H,11-14H2,1H3. The Morgan fingerprint density at radius 3 is 2.38 bits per heavy atom. The van der Waals surface area contributed by atoms with Crippen LogP contribution in [-0.2, 0) is 0 Å². The maximum atomic E-state index is 13.1. The summed E-state index contributed by atoms with van der Waals surface area (Å²) in [4.78, 5) is 21.1. The number of nitrogens with zero attached hydrogens (tertiary/aromatic N) is 3. The topological polar surface area (TPSA) is 48.5 Å². The van der Waals surface area contributed by atoms with Gasteiger partial charge in [-0.2, -0.15) is 0 Å². The number of carbonyl (C=O) groups excluding carboxylic acids is 1. The largest absolute Gasteiger partial charge is 0.368 e. The molecule has 1 amide bonds. The Morgan fingerprint density at radius 1 is 0.966 bits per heavy atom. The predicted molar refractivity (Wildman–Crippen MR) is 113 cm³/mol. The Morgan fingerprint density at radius 2 is 1.72 bits per heavy atom. The quantitative estimate of drug-likeness (QED) is 0.724. The molecule has 0 spiro atoms. The Bertz CT molecular complexity index is 981. The van der Waals surface area contributed by atoms with Gasteiger partial charge in [0.2, 0.25) is 0 Å². The van der Waals surface area contributed by atoms with Crippen LogP contribution < -0.4 is 10.2 Å². The average molecular weight is 390 g/mol. The van der Waals surface area contributed by atoms with Crippen LogP contribution in [0.25, 0.3) is 0 Å². The second-order valence-corrected chi connectivity index (χ2v) is 7.18. The summed E-state index contributed by atoms with van der Waals surface area (Å²) in [6.45, 7) is 4.69. The Labute approximate surface area is 169 Å². The molecule has 1 aliphatic rings. The number of halogens is 1. The summed E-state index contributed by atoms with van der Waals surface area (Å²) in [6.07, 6.45) is 1.68. The number of rotatable bonds is 4. The van der Waals surface area contributed by atoms with Gasteiger partial charge in [0, 0.05) is 37.6 Å². The molecule has 1 aliphatic heterocycles. The summed E-state index contributed by atoms with van der Waals surface area (Å²) in [5, 5.41) is 3.30. The van der Waals surface area contributed by atoms with Crippen molar-refractivity contribution in [3.8, 4) is 0 Å². The normalized spacial score (nSPS) is 14.0. The molecule has 3 aromatic rings. The van der Waals surface area contributed by atoms with Crippen LogP contribution in [0.5, 0.6) is 0 Å². The van der Waals surface area contributed by atoms with Crippen LogP contribution in [0, 0.1) is 12.7 Å². The molecule has 1 fully saturated rings. The van der Waals surface area contributed by atoms with Crippen LogP contribution in [0.1, 0.15) is 16.1 Å². The van der Waals surface area contributed by atoms with Crippen molar-refractivity contribution in [2.24, 2.45) is 0 Å². The number of piperazine rings is 1. The van der Waals surface area contributed by atoms with E-state index in [9.17, 15) is 9.18 Å². The fraction of sp³-hybridized carbons (Fsp3) is 0.217. The van der Waals surface area contributed by atoms with Gasteiger partial charge in [0.25, 0.3) is 5.91 Å². The third-order valence-electron chi connectivity index (χ3n) is 5.05. The number of hydrogen-bond donors (Lipinski definition) is 1. The predicted octanol–water partition coefficient (Wildman–Crippen LogP) is 4.24. The summed E-state index contributed by atoms with van der Waals surface area (Å²) in [5.41, 5.74) is 4.42. The highest BCUT2D eigenvalue weighted by atomic mass is 19.1. The van der Waals surface area contributed by atoms with Gasteiger partial charge in [0.15, 0.2) is 0 Å². The molecule has 2 heterocycles. The van der Waals surface area contributed by atoms with E-state index in [1.54, 1.807) is 24.4 Å². The first-order valence-corrected chi connectivity index (χ1v) is 9.68. The Hall–Kier alpha value is -3.41. The number of hydrogen-bond acceptors (Lipinski definition) is 4. The number of nitrogens with one attached hydrogen (secondary N) is 1. The van der Waals surface area contributed by atoms with Crippen molar-refractivity contribution in [1.29, 1.82) is 0 Å². The monoisotopic (exact) mass is 390 g/mol. The Balaban J connectivity index is 1.35. The molecule has 0 bridgehead atoms. The van der Waals surface area contributed by atoms with Crippen LogP contribution >= 0.6 is 0 Å². The van der Waals surface area contributed by atoms with Gasteiger partial charge in [0.05, 0.1) is 11.9 Å². The second kappa shape index (κ2) is 8.31. The lowest BCUT2D eigenvalue weighted by Gasteiger charge is -2.36. The first-order chi connectivity index (χ1) is 14.1. The highest BCUT2D eigenvalue weighted by Gasteiger charge is 2.23. The summed E-state index contributed by atoms with van der Waals surface area (Å²) in [6, 6.07) is 18.2. The minimum absolute atomic E-state index is 0.0640. The molecule has 1 N–H and O–H groups in total. The van der Waals surface area contributed by atoms with Gasteiger partial charge in [-0.05, 0) is 61.0 Å². The van der Waals surface area contributed by atoms with E-state index in [2.05, 4.69) is 21.3 Å². The van der Waals surface area contributed by atoms with Gasteiger partial charge in [-0.15, -0.1) is 0 Å². The number of anilines is 3. The lowest BCUT2D eigenvalue weighted by Crippen LogP contribution is -2.49. The van der Waals surface area contributed by atoms with Crippen LogP contribution in [0.4, 0.5) is 21.5 Å². The molecule has 0 unspecified atom stereocenters. The third kappa shape index (κ3) is 4.54. The first kappa shape index (κ1) is 18.9. The summed E-state index contributed by atoms with van der Waals surface area (Å²) in [5.74, 6) is -0.306. The molecule has 29 heavy (non-hydrogen) atoms. The molecule has 2 aromatic carbocycles. The van der Waals surface area contributed by atoms with Crippen LogP contribution in [0.2, 0.25) is 0 Å². The van der Waals surface area contributed by atoms with E-state index in [1.807, 2.05) is 36.1 Å². The van der Waals surface area contributed by atoms with E-state index >= 15 is 0 Å². The van der Waals surface area contributed by atoms with Gasteiger partial charge in [-0.1, -0.05) is 12.1 Å². The van der Waals surface area contributed by atoms with Gasteiger partial charge in [0.1, 0.15) is 11.5 Å². The lowest BCUT2D eigenvalue weighted by molar-refractivity contribution is 0.0741. The zero-order valence-electron chi connectivity index (χ0n) is 16.3. The van der Waals surface area contributed by atoms with Crippen molar-refractivity contribution >= 4 is 23.0 Å². The van der Waals surface area contributed by atoms with E-state index in [1.165, 1.54) is 17.7 Å². The fourth-order valence-corrected chi connectivity index (χ4v) is 3.47. The number of amides is 1. The maximum absolute atomic E-state index is 13.1. The van der Waals surface area contributed by atoms with Crippen LogP contribution in [0.3, 0.4) is 0 Å². The molecule has 0 atom stereocenters. The highest BCUT2D eigenvalue weighted by molar-refractivity contribution is 5.92. The van der Waals surface area contributed by atoms with Gasteiger partial charge >= 0.3 is 0 Å². The van der Waals surface area contributed by atoms with Crippen molar-refractivity contribution < 1.29 is 9.18 Å². The Kier molecular flexibility index (Phi) is 5.42. The minimum Gasteiger partial charge on any atom is -0.368 e. The molecular formula is C23H23FN4O. The number of aryl methyl sites for hydroxylation is 1. The molecule has 0 radical (unpaired) electrons. The van der Waals surface area contributed by atoms with Crippen molar-refractivity contribution in [2.45, 2.75) is 6.92 Å². The van der Waals surface area contributed by atoms with E-state index in [-0.39, 0.29) is 11.7 Å². The van der Waals surface area contributed by atoms with E-state index < -0.39 is 0 Å². The summed E-state index contributed by atoms with van der Waals surface area (Å²) < 4.78 is 13.1. The van der Waals surface area contributed by atoms with Crippen molar-refractivity contribution in [3.63, 3.8) is 0 Å². The van der Waals surface area contributed by atoms with E-state index in [0.717, 1.165) is 17.1 Å². The van der Waals surface area contributed by atoms with Crippen molar-refractivity contribution in [3.05, 3.63) is 83.9 Å². The molecular weight excluding hydrogens is 367 g/mol. The molecule has 6 heteroatoms. The number of benzene rings is 2. The van der Waals surface area contributed by atoms with E-state index in [4.69, 9.17) is 0 Å². The number of pyridine rings is 1. The summed E-state index contributed by atoms with van der Waals surface area (Å²) >= 11 is 0. The summed E-state index contributed by atoms with van der Waals surface area (Å²) in [7, 11) is 0. The lowest BCUT2D eigenvalue weighted by atomic mass is 10.2. The van der Waals surface area contributed by atoms with Crippen molar-refractivity contribution in [1.82, 2.24) is 9.88 Å². The van der Waals surface area contributed by atoms with Crippen molar-refractivity contribution in [2.75, 3.05) is 36.4 Å². The van der Waals surface area contributed by atoms with Gasteiger partial charge in [-0.3, -0.25) is 4.79 Å². The third-order valence-corrected chi connectivity index (χ3v) is 5.05. The second-order valence-electron chi connectivity index (χ2n) is 7.18. The highest BCUT2D eigenvalue weighted by Crippen LogP contribution is 2.19. The molecule has 5 nitrogen and oxygen atoms in total. The molecule has 0 saturated carbocycles. The zero-order valence-corrected chi connectivity index (χ0v) is 16.3. The average Bonchev–Trinajstić information content (AvgIpc) is 2.75. The SMILES string of the molecule is Cc1cccc(Nc2ccc(C(=O)N3CCN(c4ccc(F)cc4)CC3)nc2)c1. The zero-order chi connectivity index (χ0) is 20.2. The molecule has 1 saturated heterocycles. The first-order valence-electron chi connectivity index (χ1n) is 9.68. The number of aromatic nitrogens is 1. The van der Waals surface area contributed by atoms with Crippen LogP contribution in [-0.4, -0.2) is 42.0 Å². The maximum Gasteiger partial charge on any atom is 0.272 e. The van der Waals surface area contributed by atoms with E-state index in [0.29, 0.717) is 31.9 Å². The molecule has 148 valence electrons. The smallest absolute Gasteiger partial charge is 0.272 e. The molecule has 0 aliphatic carbocycles. The molecule has 1 aromatic heterocycles. The van der Waals surface area contributed by atoms with Crippen LogP contribution in [0.15, 0.2) is 66.9 Å². The van der Waals surface area contributed by atoms with Gasteiger partial charge in [-0.25, -0.2) is 9.37 Å². The fourth-order valence-electron chi connectivity index (χ4n) is 3.47.